The lowest BCUT2D eigenvalue weighted by molar-refractivity contribution is -0.147. The zero-order valence-electron chi connectivity index (χ0n) is 11.9. The van der Waals surface area contributed by atoms with E-state index in [1.165, 1.54) is 11.8 Å². The summed E-state index contributed by atoms with van der Waals surface area (Å²) in [6, 6.07) is 7.86. The van der Waals surface area contributed by atoms with Crippen LogP contribution in [0.4, 0.5) is 0 Å². The first-order chi connectivity index (χ1) is 10.0. The van der Waals surface area contributed by atoms with Gasteiger partial charge in [-0.2, -0.15) is 11.8 Å². The molecular formula is C15H19NO3S2. The Hall–Kier alpha value is -1.14. The van der Waals surface area contributed by atoms with Crippen molar-refractivity contribution in [3.63, 3.8) is 0 Å². The van der Waals surface area contributed by atoms with Crippen LogP contribution in [0.3, 0.4) is 0 Å². The normalized spacial score (nSPS) is 17.2. The first kappa shape index (κ1) is 16.2. The second-order valence-corrected chi connectivity index (χ2v) is 7.34. The van der Waals surface area contributed by atoms with Crippen LogP contribution in [0.1, 0.15) is 18.4 Å². The summed E-state index contributed by atoms with van der Waals surface area (Å²) in [6.45, 7) is 2.00. The van der Waals surface area contributed by atoms with Gasteiger partial charge in [-0.3, -0.25) is 4.79 Å². The molecule has 0 radical (unpaired) electrons. The van der Waals surface area contributed by atoms with Gasteiger partial charge in [0.05, 0.1) is 5.75 Å². The summed E-state index contributed by atoms with van der Waals surface area (Å²) in [7, 11) is 0. The molecule has 1 aromatic carbocycles. The minimum absolute atomic E-state index is 0.211. The van der Waals surface area contributed by atoms with E-state index in [0.29, 0.717) is 12.8 Å². The molecule has 2 N–H and O–H groups in total. The Bertz CT molecular complexity index is 527. The van der Waals surface area contributed by atoms with E-state index in [-0.39, 0.29) is 11.7 Å². The monoisotopic (exact) mass is 325 g/mol. The van der Waals surface area contributed by atoms with Crippen molar-refractivity contribution < 1.29 is 14.7 Å². The fourth-order valence-electron chi connectivity index (χ4n) is 2.28. The fourth-order valence-corrected chi connectivity index (χ4v) is 4.30. The fraction of sp³-hybridized carbons (Fsp3) is 0.467. The van der Waals surface area contributed by atoms with Crippen LogP contribution in [-0.2, 0) is 9.59 Å². The van der Waals surface area contributed by atoms with Crippen molar-refractivity contribution in [2.24, 2.45) is 0 Å². The van der Waals surface area contributed by atoms with Crippen molar-refractivity contribution in [1.29, 1.82) is 0 Å². The van der Waals surface area contributed by atoms with Crippen LogP contribution in [0.15, 0.2) is 29.2 Å². The molecule has 1 aliphatic heterocycles. The number of carboxylic acids is 1. The number of nitrogens with one attached hydrogen (secondary N) is 1. The Morgan fingerprint density at radius 1 is 1.33 bits per heavy atom. The summed E-state index contributed by atoms with van der Waals surface area (Å²) < 4.78 is 0. The molecule has 1 fully saturated rings. The number of hydrogen-bond acceptors (Lipinski definition) is 4. The van der Waals surface area contributed by atoms with Gasteiger partial charge in [-0.05, 0) is 42.9 Å². The molecule has 0 saturated carbocycles. The summed E-state index contributed by atoms with van der Waals surface area (Å²) in [6.07, 6.45) is 0.988. The first-order valence-electron chi connectivity index (χ1n) is 6.84. The Morgan fingerprint density at radius 3 is 2.62 bits per heavy atom. The van der Waals surface area contributed by atoms with E-state index >= 15 is 0 Å². The molecule has 0 bridgehead atoms. The summed E-state index contributed by atoms with van der Waals surface area (Å²) in [4.78, 5) is 24.7. The third-order valence-corrected chi connectivity index (χ3v) is 5.75. The maximum absolute atomic E-state index is 12.1. The summed E-state index contributed by atoms with van der Waals surface area (Å²) in [5, 5.41) is 12.2. The van der Waals surface area contributed by atoms with Crippen molar-refractivity contribution in [2.45, 2.75) is 30.2 Å². The van der Waals surface area contributed by atoms with Crippen molar-refractivity contribution in [1.82, 2.24) is 5.32 Å². The van der Waals surface area contributed by atoms with Crippen molar-refractivity contribution in [2.75, 3.05) is 17.3 Å². The molecule has 1 amide bonds. The predicted molar refractivity (Wildman–Crippen MR) is 87.0 cm³/mol. The van der Waals surface area contributed by atoms with Gasteiger partial charge in [-0.15, -0.1) is 11.8 Å². The van der Waals surface area contributed by atoms with Gasteiger partial charge in [-0.25, -0.2) is 4.79 Å². The molecule has 0 aliphatic carbocycles. The van der Waals surface area contributed by atoms with E-state index in [1.54, 1.807) is 11.8 Å². The zero-order valence-corrected chi connectivity index (χ0v) is 13.6. The molecule has 1 saturated heterocycles. The largest absolute Gasteiger partial charge is 0.480 e. The molecule has 1 aliphatic rings. The SMILES string of the molecule is Cc1ccccc1SCC(=O)NC1(C(=O)O)CCSCC1. The number of thioether (sulfide) groups is 2. The average Bonchev–Trinajstić information content (AvgIpc) is 2.47. The number of amides is 1. The summed E-state index contributed by atoms with van der Waals surface area (Å²) in [5.41, 5.74) is 0.0477. The summed E-state index contributed by atoms with van der Waals surface area (Å²) in [5.74, 6) is 0.664. The molecule has 0 unspecified atom stereocenters. The molecular weight excluding hydrogens is 306 g/mol. The van der Waals surface area contributed by atoms with E-state index in [1.807, 2.05) is 31.2 Å². The standard InChI is InChI=1S/C15H19NO3S2/c1-11-4-2-3-5-12(11)21-10-13(17)16-15(14(18)19)6-8-20-9-7-15/h2-5H,6-10H2,1H3,(H,16,17)(H,18,19). The number of rotatable bonds is 5. The molecule has 0 atom stereocenters. The Kier molecular flexibility index (Phi) is 5.58. The van der Waals surface area contributed by atoms with E-state index in [4.69, 9.17) is 0 Å². The summed E-state index contributed by atoms with van der Waals surface area (Å²) >= 11 is 3.18. The van der Waals surface area contributed by atoms with E-state index < -0.39 is 11.5 Å². The molecule has 0 aromatic heterocycles. The minimum atomic E-state index is -1.07. The number of carbonyl (C=O) groups excluding carboxylic acids is 1. The smallest absolute Gasteiger partial charge is 0.329 e. The number of benzene rings is 1. The lowest BCUT2D eigenvalue weighted by Gasteiger charge is -2.33. The van der Waals surface area contributed by atoms with Gasteiger partial charge in [0.1, 0.15) is 5.54 Å². The number of hydrogen-bond donors (Lipinski definition) is 2. The Morgan fingerprint density at radius 2 is 2.00 bits per heavy atom. The van der Waals surface area contributed by atoms with Gasteiger partial charge >= 0.3 is 5.97 Å². The highest BCUT2D eigenvalue weighted by Gasteiger charge is 2.41. The van der Waals surface area contributed by atoms with Crippen molar-refractivity contribution >= 4 is 35.4 Å². The molecule has 6 heteroatoms. The first-order valence-corrected chi connectivity index (χ1v) is 8.98. The second kappa shape index (κ2) is 7.22. The van der Waals surface area contributed by atoms with E-state index in [0.717, 1.165) is 22.0 Å². The highest BCUT2D eigenvalue weighted by Crippen LogP contribution is 2.28. The molecule has 0 spiro atoms. The average molecular weight is 325 g/mol. The lowest BCUT2D eigenvalue weighted by Crippen LogP contribution is -2.57. The number of aryl methyl sites for hydroxylation is 1. The quantitative estimate of drug-likeness (QED) is 0.815. The molecule has 4 nitrogen and oxygen atoms in total. The van der Waals surface area contributed by atoms with Crippen LogP contribution in [0, 0.1) is 6.92 Å². The lowest BCUT2D eigenvalue weighted by atomic mass is 9.92. The zero-order chi connectivity index (χ0) is 15.3. The molecule has 1 heterocycles. The maximum atomic E-state index is 12.1. The highest BCUT2D eigenvalue weighted by molar-refractivity contribution is 8.00. The molecule has 21 heavy (non-hydrogen) atoms. The third-order valence-electron chi connectivity index (χ3n) is 3.59. The van der Waals surface area contributed by atoms with E-state index in [9.17, 15) is 14.7 Å². The van der Waals surface area contributed by atoms with Gasteiger partial charge in [0, 0.05) is 4.90 Å². The maximum Gasteiger partial charge on any atom is 0.329 e. The van der Waals surface area contributed by atoms with Crippen LogP contribution < -0.4 is 5.32 Å². The Labute approximate surface area is 133 Å². The van der Waals surface area contributed by atoms with Crippen LogP contribution in [0.5, 0.6) is 0 Å². The predicted octanol–water partition coefficient (Wildman–Crippen LogP) is 2.55. The van der Waals surface area contributed by atoms with Crippen molar-refractivity contribution in [3.05, 3.63) is 29.8 Å². The molecule has 1 aromatic rings. The van der Waals surface area contributed by atoms with Crippen LogP contribution in [0.25, 0.3) is 0 Å². The number of aliphatic carboxylic acids is 1. The van der Waals surface area contributed by atoms with Crippen LogP contribution in [-0.4, -0.2) is 39.8 Å². The highest BCUT2D eigenvalue weighted by atomic mass is 32.2. The topological polar surface area (TPSA) is 66.4 Å². The van der Waals surface area contributed by atoms with Gasteiger partial charge in [-0.1, -0.05) is 18.2 Å². The molecule has 2 rings (SSSR count). The van der Waals surface area contributed by atoms with Crippen LogP contribution in [0.2, 0.25) is 0 Å². The van der Waals surface area contributed by atoms with Gasteiger partial charge in [0.2, 0.25) is 5.91 Å². The van der Waals surface area contributed by atoms with Gasteiger partial charge in [0.25, 0.3) is 0 Å². The van der Waals surface area contributed by atoms with Gasteiger partial charge in [0.15, 0.2) is 0 Å². The second-order valence-electron chi connectivity index (χ2n) is 5.10. The minimum Gasteiger partial charge on any atom is -0.480 e. The molecule has 114 valence electrons. The Balaban J connectivity index is 1.94. The third kappa shape index (κ3) is 4.17. The van der Waals surface area contributed by atoms with Crippen molar-refractivity contribution in [3.8, 4) is 0 Å². The van der Waals surface area contributed by atoms with E-state index in [2.05, 4.69) is 5.32 Å². The van der Waals surface area contributed by atoms with Gasteiger partial charge < -0.3 is 10.4 Å². The number of carbonyl (C=O) groups is 2. The van der Waals surface area contributed by atoms with Crippen LogP contribution >= 0.6 is 23.5 Å². The number of carboxylic acid groups (broad SMARTS) is 1.